The molecule has 0 saturated heterocycles. The summed E-state index contributed by atoms with van der Waals surface area (Å²) >= 11 is 0. The summed E-state index contributed by atoms with van der Waals surface area (Å²) in [4.78, 5) is 46.7. The first-order valence-electron chi connectivity index (χ1n) is 8.59. The number of hydrogen-bond donors (Lipinski definition) is 0. The van der Waals surface area contributed by atoms with Crippen molar-refractivity contribution >= 4 is 17.5 Å². The lowest BCUT2D eigenvalue weighted by molar-refractivity contribution is -0.490. The van der Waals surface area contributed by atoms with E-state index in [1.165, 1.54) is 0 Å². The van der Waals surface area contributed by atoms with Crippen LogP contribution in [0, 0.1) is 41.7 Å². The Kier molecular flexibility index (Phi) is 6.23. The lowest BCUT2D eigenvalue weighted by atomic mass is 9.88. The second kappa shape index (κ2) is 8.21. The molecule has 0 amide bonds. The van der Waals surface area contributed by atoms with Crippen molar-refractivity contribution in [2.75, 3.05) is 13.2 Å². The van der Waals surface area contributed by atoms with Crippen molar-refractivity contribution in [3.63, 3.8) is 0 Å². The molecule has 1 saturated carbocycles. The third kappa shape index (κ3) is 4.74. The molecule has 1 aliphatic rings. The first kappa shape index (κ1) is 19.8. The molecule has 26 heavy (non-hydrogen) atoms. The number of carbonyl (C=O) groups excluding carboxylic acids is 3. The molecular formula is C19H23NO6. The summed E-state index contributed by atoms with van der Waals surface area (Å²) in [7, 11) is 0. The van der Waals surface area contributed by atoms with Crippen LogP contribution >= 0.6 is 0 Å². The summed E-state index contributed by atoms with van der Waals surface area (Å²) in [6.07, 6.45) is 0.0137. The van der Waals surface area contributed by atoms with Gasteiger partial charge in [-0.05, 0) is 25.3 Å². The molecule has 140 valence electrons. The van der Waals surface area contributed by atoms with Crippen molar-refractivity contribution in [2.45, 2.75) is 33.6 Å². The highest BCUT2D eigenvalue weighted by atomic mass is 16.6. The molecule has 0 N–H and O–H groups in total. The number of aryl methyl sites for hydroxylation is 2. The predicted molar refractivity (Wildman–Crippen MR) is 93.5 cm³/mol. The maximum absolute atomic E-state index is 12.2. The van der Waals surface area contributed by atoms with Crippen LogP contribution < -0.4 is 0 Å². The fraction of sp³-hybridized carbons (Fsp3) is 0.526. The second-order valence-electron chi connectivity index (χ2n) is 7.04. The summed E-state index contributed by atoms with van der Waals surface area (Å²) in [6.45, 7) is 4.76. The second-order valence-corrected chi connectivity index (χ2v) is 7.04. The van der Waals surface area contributed by atoms with E-state index in [0.29, 0.717) is 5.56 Å². The Morgan fingerprint density at radius 2 is 2.00 bits per heavy atom. The maximum Gasteiger partial charge on any atom is 0.306 e. The van der Waals surface area contributed by atoms with Crippen LogP contribution in [0.5, 0.6) is 0 Å². The number of hydrogen-bond acceptors (Lipinski definition) is 6. The van der Waals surface area contributed by atoms with Gasteiger partial charge in [0, 0.05) is 28.7 Å². The van der Waals surface area contributed by atoms with E-state index in [-0.39, 0.29) is 36.9 Å². The van der Waals surface area contributed by atoms with E-state index in [1.807, 2.05) is 26.0 Å². The largest absolute Gasteiger partial charge is 0.457 e. The monoisotopic (exact) mass is 361 g/mol. The summed E-state index contributed by atoms with van der Waals surface area (Å²) in [5.41, 5.74) is 2.32. The Morgan fingerprint density at radius 3 is 2.62 bits per heavy atom. The molecule has 0 bridgehead atoms. The van der Waals surface area contributed by atoms with E-state index < -0.39 is 29.3 Å². The molecule has 1 aliphatic carbocycles. The maximum atomic E-state index is 12.2. The van der Waals surface area contributed by atoms with E-state index in [4.69, 9.17) is 4.74 Å². The molecule has 1 aromatic rings. The summed E-state index contributed by atoms with van der Waals surface area (Å²) in [5, 5.41) is 10.8. The highest BCUT2D eigenvalue weighted by Crippen LogP contribution is 2.36. The highest BCUT2D eigenvalue weighted by Gasteiger charge is 2.44. The Bertz CT molecular complexity index is 742. The summed E-state index contributed by atoms with van der Waals surface area (Å²) in [6, 6.07) is 5.37. The topological polar surface area (TPSA) is 104 Å². The minimum Gasteiger partial charge on any atom is -0.457 e. The molecule has 7 heteroatoms. The lowest BCUT2D eigenvalue weighted by Gasteiger charge is -2.17. The molecule has 7 nitrogen and oxygen atoms in total. The van der Waals surface area contributed by atoms with Gasteiger partial charge in [-0.3, -0.25) is 24.5 Å². The van der Waals surface area contributed by atoms with Gasteiger partial charge in [0.05, 0.1) is 6.42 Å². The number of esters is 1. The van der Waals surface area contributed by atoms with Crippen LogP contribution in [0.2, 0.25) is 0 Å². The van der Waals surface area contributed by atoms with Crippen LogP contribution in [-0.4, -0.2) is 35.6 Å². The van der Waals surface area contributed by atoms with E-state index in [9.17, 15) is 24.5 Å². The number of Topliss-reactive ketones (excluding diaryl/α,β-unsaturated/α-hetero) is 2. The molecule has 2 rings (SSSR count). The van der Waals surface area contributed by atoms with Gasteiger partial charge in [0.1, 0.15) is 5.78 Å². The Morgan fingerprint density at radius 1 is 1.31 bits per heavy atom. The number of nitro groups is 1. The van der Waals surface area contributed by atoms with Crippen LogP contribution in [0.15, 0.2) is 18.2 Å². The molecule has 3 atom stereocenters. The molecule has 0 aromatic heterocycles. The normalized spacial score (nSPS) is 22.3. The summed E-state index contributed by atoms with van der Waals surface area (Å²) in [5.74, 6) is -2.46. The van der Waals surface area contributed by atoms with Gasteiger partial charge >= 0.3 is 5.97 Å². The number of benzene rings is 1. The Balaban J connectivity index is 1.94. The SMILES string of the molecule is Cc1ccc(C(=O)COC(=O)C[C@@H]2C(=O)C[C@@H](C)[C@@H]2C[N+](=O)[O-])c(C)c1. The van der Waals surface area contributed by atoms with E-state index in [0.717, 1.165) is 11.1 Å². The van der Waals surface area contributed by atoms with Gasteiger partial charge in [-0.2, -0.15) is 0 Å². The fourth-order valence-electron chi connectivity index (χ4n) is 3.59. The zero-order chi connectivity index (χ0) is 19.4. The Labute approximate surface area is 151 Å². The van der Waals surface area contributed by atoms with E-state index in [2.05, 4.69) is 0 Å². The minimum absolute atomic E-state index is 0.137. The standard InChI is InChI=1S/C19H23NO6/c1-11-4-5-14(12(2)6-11)18(22)10-26-19(23)8-15-16(9-20(24)25)13(3)7-17(15)21/h4-6,13,15-16H,7-10H2,1-3H3/t13-,15+,16+/m1/s1. The number of rotatable bonds is 7. The molecule has 0 radical (unpaired) electrons. The van der Waals surface area contributed by atoms with Crippen molar-refractivity contribution in [2.24, 2.45) is 17.8 Å². The van der Waals surface area contributed by atoms with Crippen molar-refractivity contribution < 1.29 is 24.0 Å². The van der Waals surface area contributed by atoms with Crippen LogP contribution in [0.3, 0.4) is 0 Å². The minimum atomic E-state index is -0.709. The number of ketones is 2. The van der Waals surface area contributed by atoms with Crippen molar-refractivity contribution in [1.29, 1.82) is 0 Å². The summed E-state index contributed by atoms with van der Waals surface area (Å²) < 4.78 is 5.03. The highest BCUT2D eigenvalue weighted by molar-refractivity contribution is 5.99. The molecule has 0 unspecified atom stereocenters. The molecule has 1 fully saturated rings. The van der Waals surface area contributed by atoms with Gasteiger partial charge in [-0.1, -0.05) is 30.7 Å². The third-order valence-electron chi connectivity index (χ3n) is 4.98. The lowest BCUT2D eigenvalue weighted by Crippen LogP contribution is -2.28. The molecule has 0 heterocycles. The van der Waals surface area contributed by atoms with Crippen LogP contribution in [0.25, 0.3) is 0 Å². The van der Waals surface area contributed by atoms with Crippen LogP contribution in [-0.2, 0) is 14.3 Å². The van der Waals surface area contributed by atoms with E-state index in [1.54, 1.807) is 13.0 Å². The van der Waals surface area contributed by atoms with Gasteiger partial charge < -0.3 is 4.74 Å². The average Bonchev–Trinajstić information content (AvgIpc) is 2.79. The van der Waals surface area contributed by atoms with Crippen LogP contribution in [0.1, 0.15) is 41.3 Å². The van der Waals surface area contributed by atoms with Crippen molar-refractivity contribution in [3.05, 3.63) is 45.0 Å². The zero-order valence-electron chi connectivity index (χ0n) is 15.2. The number of ether oxygens (including phenoxy) is 1. The van der Waals surface area contributed by atoms with Gasteiger partial charge in [-0.15, -0.1) is 0 Å². The molecule has 0 spiro atoms. The fourth-order valence-corrected chi connectivity index (χ4v) is 3.59. The van der Waals surface area contributed by atoms with Gasteiger partial charge in [0.25, 0.3) is 0 Å². The van der Waals surface area contributed by atoms with Gasteiger partial charge in [0.15, 0.2) is 6.61 Å². The Hall–Kier alpha value is -2.57. The van der Waals surface area contributed by atoms with Crippen LogP contribution in [0.4, 0.5) is 0 Å². The third-order valence-corrected chi connectivity index (χ3v) is 4.98. The smallest absolute Gasteiger partial charge is 0.306 e. The first-order valence-corrected chi connectivity index (χ1v) is 8.59. The predicted octanol–water partition coefficient (Wildman–Crippen LogP) is 2.54. The molecular weight excluding hydrogens is 338 g/mol. The average molecular weight is 361 g/mol. The zero-order valence-corrected chi connectivity index (χ0v) is 15.2. The first-order chi connectivity index (χ1) is 12.2. The van der Waals surface area contributed by atoms with E-state index >= 15 is 0 Å². The molecule has 0 aliphatic heterocycles. The van der Waals surface area contributed by atoms with Gasteiger partial charge in [-0.25, -0.2) is 0 Å². The molecule has 1 aromatic carbocycles. The van der Waals surface area contributed by atoms with Gasteiger partial charge in [0.2, 0.25) is 12.3 Å². The van der Waals surface area contributed by atoms with Crippen molar-refractivity contribution in [3.8, 4) is 0 Å². The number of nitrogens with zero attached hydrogens (tertiary/aromatic N) is 1. The van der Waals surface area contributed by atoms with Crippen molar-refractivity contribution in [1.82, 2.24) is 0 Å². The number of carbonyl (C=O) groups is 3. The quantitative estimate of drug-likeness (QED) is 0.320.